The molecule has 1 saturated heterocycles. The third kappa shape index (κ3) is 3.37. The maximum Gasteiger partial charge on any atom is 0.243 e. The van der Waals surface area contributed by atoms with E-state index in [1.54, 1.807) is 23.5 Å². The Bertz CT molecular complexity index is 842. The summed E-state index contributed by atoms with van der Waals surface area (Å²) in [7, 11) is -1.90. The SMILES string of the molecule is COc1ccc(S(=O)(=O)N2CCN(c3ccccc3)CC2)c(C)c1C. The highest BCUT2D eigenvalue weighted by Gasteiger charge is 2.30. The minimum atomic E-state index is -3.49. The molecule has 0 amide bonds. The second-order valence-electron chi connectivity index (χ2n) is 6.24. The highest BCUT2D eigenvalue weighted by Crippen LogP contribution is 2.29. The Hall–Kier alpha value is -2.05. The van der Waals surface area contributed by atoms with Gasteiger partial charge in [0, 0.05) is 31.9 Å². The average molecular weight is 360 g/mol. The van der Waals surface area contributed by atoms with E-state index in [0.717, 1.165) is 16.8 Å². The molecule has 0 spiro atoms. The maximum absolute atomic E-state index is 13.1. The summed E-state index contributed by atoms with van der Waals surface area (Å²) in [4.78, 5) is 2.59. The molecule has 0 aromatic heterocycles. The van der Waals surface area contributed by atoms with E-state index in [-0.39, 0.29) is 0 Å². The standard InChI is InChI=1S/C19H24N2O3S/c1-15-16(2)19(10-9-18(15)24-3)25(22,23)21-13-11-20(12-14-21)17-7-5-4-6-8-17/h4-10H,11-14H2,1-3H3. The Balaban J connectivity index is 1.80. The van der Waals surface area contributed by atoms with E-state index in [9.17, 15) is 8.42 Å². The highest BCUT2D eigenvalue weighted by molar-refractivity contribution is 7.89. The van der Waals surface area contributed by atoms with Gasteiger partial charge in [0.25, 0.3) is 0 Å². The number of nitrogens with zero attached hydrogens (tertiary/aromatic N) is 2. The quantitative estimate of drug-likeness (QED) is 0.841. The summed E-state index contributed by atoms with van der Waals surface area (Å²) in [6.07, 6.45) is 0. The van der Waals surface area contributed by atoms with Gasteiger partial charge in [-0.1, -0.05) is 18.2 Å². The second-order valence-corrected chi connectivity index (χ2v) is 8.15. The van der Waals surface area contributed by atoms with Crippen LogP contribution in [0.25, 0.3) is 0 Å². The zero-order valence-electron chi connectivity index (χ0n) is 14.9. The smallest absolute Gasteiger partial charge is 0.243 e. The van der Waals surface area contributed by atoms with Crippen molar-refractivity contribution in [1.82, 2.24) is 4.31 Å². The molecule has 5 nitrogen and oxygen atoms in total. The van der Waals surface area contributed by atoms with Crippen molar-refractivity contribution >= 4 is 15.7 Å². The molecule has 0 N–H and O–H groups in total. The van der Waals surface area contributed by atoms with Gasteiger partial charge >= 0.3 is 0 Å². The molecule has 3 rings (SSSR count). The molecule has 0 bridgehead atoms. The summed E-state index contributed by atoms with van der Waals surface area (Å²) in [6.45, 7) is 6.09. The number of hydrogen-bond donors (Lipinski definition) is 0. The van der Waals surface area contributed by atoms with Crippen molar-refractivity contribution in [3.63, 3.8) is 0 Å². The van der Waals surface area contributed by atoms with Crippen LogP contribution < -0.4 is 9.64 Å². The van der Waals surface area contributed by atoms with Crippen molar-refractivity contribution < 1.29 is 13.2 Å². The van der Waals surface area contributed by atoms with Crippen molar-refractivity contribution in [3.05, 3.63) is 53.6 Å². The van der Waals surface area contributed by atoms with E-state index in [1.807, 2.05) is 32.0 Å². The summed E-state index contributed by atoms with van der Waals surface area (Å²) in [5, 5.41) is 0. The van der Waals surface area contributed by atoms with Gasteiger partial charge < -0.3 is 9.64 Å². The van der Waals surface area contributed by atoms with Crippen LogP contribution in [0.2, 0.25) is 0 Å². The molecule has 1 aliphatic rings. The summed E-state index contributed by atoms with van der Waals surface area (Å²) < 4.78 is 33.0. The van der Waals surface area contributed by atoms with Crippen molar-refractivity contribution in [3.8, 4) is 5.75 Å². The molecular formula is C19H24N2O3S. The molecule has 1 aliphatic heterocycles. The van der Waals surface area contributed by atoms with E-state index >= 15 is 0 Å². The van der Waals surface area contributed by atoms with E-state index in [4.69, 9.17) is 4.74 Å². The average Bonchev–Trinajstić information content (AvgIpc) is 2.64. The monoisotopic (exact) mass is 360 g/mol. The number of piperazine rings is 1. The van der Waals surface area contributed by atoms with Crippen molar-refractivity contribution in [2.45, 2.75) is 18.7 Å². The van der Waals surface area contributed by atoms with Crippen molar-refractivity contribution in [2.24, 2.45) is 0 Å². The molecule has 1 heterocycles. The molecule has 134 valence electrons. The van der Waals surface area contributed by atoms with E-state index < -0.39 is 10.0 Å². The van der Waals surface area contributed by atoms with Crippen LogP contribution in [0.15, 0.2) is 47.4 Å². The summed E-state index contributed by atoms with van der Waals surface area (Å²) in [6, 6.07) is 13.5. The zero-order chi connectivity index (χ0) is 18.0. The predicted molar refractivity (Wildman–Crippen MR) is 99.9 cm³/mol. The van der Waals surface area contributed by atoms with Gasteiger partial charge in [0.1, 0.15) is 5.75 Å². The van der Waals surface area contributed by atoms with Gasteiger partial charge in [-0.05, 0) is 49.2 Å². The molecule has 0 radical (unpaired) electrons. The van der Waals surface area contributed by atoms with Gasteiger partial charge in [-0.25, -0.2) is 8.42 Å². The van der Waals surface area contributed by atoms with Crippen molar-refractivity contribution in [1.29, 1.82) is 0 Å². The van der Waals surface area contributed by atoms with Crippen LogP contribution in [0, 0.1) is 13.8 Å². The van der Waals surface area contributed by atoms with Gasteiger partial charge in [0.05, 0.1) is 12.0 Å². The lowest BCUT2D eigenvalue weighted by atomic mass is 10.1. The van der Waals surface area contributed by atoms with Crippen LogP contribution in [-0.4, -0.2) is 46.0 Å². The fourth-order valence-electron chi connectivity index (χ4n) is 3.24. The first-order chi connectivity index (χ1) is 11.9. The molecule has 2 aromatic rings. The number of methoxy groups -OCH3 is 1. The third-order valence-electron chi connectivity index (χ3n) is 4.89. The Morgan fingerprint density at radius 1 is 0.880 bits per heavy atom. The van der Waals surface area contributed by atoms with Crippen LogP contribution in [0.4, 0.5) is 5.69 Å². The summed E-state index contributed by atoms with van der Waals surface area (Å²) in [5.41, 5.74) is 2.76. The van der Waals surface area contributed by atoms with Crippen LogP contribution in [0.5, 0.6) is 5.75 Å². The lowest BCUT2D eigenvalue weighted by molar-refractivity contribution is 0.384. The Morgan fingerprint density at radius 2 is 1.52 bits per heavy atom. The number of ether oxygens (including phenoxy) is 1. The number of anilines is 1. The Labute approximate surface area is 149 Å². The lowest BCUT2D eigenvalue weighted by Crippen LogP contribution is -2.48. The van der Waals surface area contributed by atoms with Gasteiger partial charge in [-0.3, -0.25) is 0 Å². The number of rotatable bonds is 4. The molecule has 0 unspecified atom stereocenters. The van der Waals surface area contributed by atoms with E-state index in [2.05, 4.69) is 17.0 Å². The van der Waals surface area contributed by atoms with Crippen LogP contribution in [0.1, 0.15) is 11.1 Å². The lowest BCUT2D eigenvalue weighted by Gasteiger charge is -2.35. The first-order valence-corrected chi connectivity index (χ1v) is 9.83. The molecule has 0 saturated carbocycles. The van der Waals surface area contributed by atoms with E-state index in [1.165, 1.54) is 0 Å². The number of para-hydroxylation sites is 1. The first-order valence-electron chi connectivity index (χ1n) is 8.39. The number of hydrogen-bond acceptors (Lipinski definition) is 4. The second kappa shape index (κ2) is 7.06. The summed E-state index contributed by atoms with van der Waals surface area (Å²) >= 11 is 0. The molecule has 6 heteroatoms. The normalized spacial score (nSPS) is 16.0. The molecular weight excluding hydrogens is 336 g/mol. The van der Waals surface area contributed by atoms with Gasteiger partial charge in [0.2, 0.25) is 10.0 Å². The molecule has 2 aromatic carbocycles. The van der Waals surface area contributed by atoms with E-state index in [0.29, 0.717) is 36.8 Å². The third-order valence-corrected chi connectivity index (χ3v) is 6.93. The fourth-order valence-corrected chi connectivity index (χ4v) is 4.94. The van der Waals surface area contributed by atoms with Crippen LogP contribution >= 0.6 is 0 Å². The molecule has 0 atom stereocenters. The maximum atomic E-state index is 13.1. The van der Waals surface area contributed by atoms with Gasteiger partial charge in [-0.2, -0.15) is 4.31 Å². The summed E-state index contributed by atoms with van der Waals surface area (Å²) in [5.74, 6) is 0.713. The predicted octanol–water partition coefficient (Wildman–Crippen LogP) is 2.82. The van der Waals surface area contributed by atoms with Crippen LogP contribution in [-0.2, 0) is 10.0 Å². The molecule has 0 aliphatic carbocycles. The van der Waals surface area contributed by atoms with Crippen LogP contribution in [0.3, 0.4) is 0 Å². The molecule has 25 heavy (non-hydrogen) atoms. The minimum absolute atomic E-state index is 0.374. The fraction of sp³-hybridized carbons (Fsp3) is 0.368. The minimum Gasteiger partial charge on any atom is -0.496 e. The number of sulfonamides is 1. The van der Waals surface area contributed by atoms with Gasteiger partial charge in [-0.15, -0.1) is 0 Å². The Morgan fingerprint density at radius 3 is 2.12 bits per heavy atom. The highest BCUT2D eigenvalue weighted by atomic mass is 32.2. The van der Waals surface area contributed by atoms with Gasteiger partial charge in [0.15, 0.2) is 0 Å². The zero-order valence-corrected chi connectivity index (χ0v) is 15.7. The largest absolute Gasteiger partial charge is 0.496 e. The number of benzene rings is 2. The molecule has 1 fully saturated rings. The topological polar surface area (TPSA) is 49.9 Å². The Kier molecular flexibility index (Phi) is 5.01. The van der Waals surface area contributed by atoms with Crippen molar-refractivity contribution in [2.75, 3.05) is 38.2 Å². The first kappa shape index (κ1) is 17.8.